The van der Waals surface area contributed by atoms with Gasteiger partial charge in [0, 0.05) is 181 Å². The number of hydrogen-bond donors (Lipinski definition) is 7. The molecule has 0 saturated carbocycles. The first kappa shape index (κ1) is 115. The second kappa shape index (κ2) is 75.5. The van der Waals surface area contributed by atoms with E-state index in [-0.39, 0.29) is 168 Å². The van der Waals surface area contributed by atoms with Crippen molar-refractivity contribution in [1.29, 1.82) is 5.41 Å². The monoisotopic (exact) mass is 1910 g/mol. The lowest BCUT2D eigenvalue weighted by Crippen LogP contribution is -2.39. The van der Waals surface area contributed by atoms with E-state index in [9.17, 15) is 81.5 Å². The number of carbonyl (C=O) groups excluding carboxylic acids is 17. The second-order valence-electron chi connectivity index (χ2n) is 26.0. The Kier molecular flexibility index (Phi) is 68.4. The van der Waals surface area contributed by atoms with Gasteiger partial charge in [-0.25, -0.2) is 24.4 Å². The SMILES string of the molecule is C#CCNC(=O)NC(=O)OCCC.CC(=O)c1cn(CCOCCOCCNC(=O)CCCN2C(=O)CC(C)C2=O)nn1.CC1CC(=O)N(CCCC(=O)NCCOCCOCCN=[N+]=[N-])C1=O.N=CI.O=C(CCCN1C(=O)C=CC1=O)ON1C(=O)CCC1=O.[N-]=[N+]=NCCOCCOCCN.[N-]=[N+]=NCCOCCOCCNC(=O)CCCN1C(=O)C=CC1=O. The van der Waals surface area contributed by atoms with Gasteiger partial charge in [-0.2, -0.15) is 0 Å². The normalized spacial score (nSPS) is 14.4. The molecule has 0 radical (unpaired) electrons. The van der Waals surface area contributed by atoms with E-state index in [0.717, 1.165) is 22.0 Å². The molecule has 1 aromatic heterocycles. The number of nitrogens with zero attached hydrogens (tertiary/aromatic N) is 17. The molecule has 0 spiro atoms. The fraction of sp³-hybridized carbons (Fsp3) is 0.653. The largest absolute Gasteiger partial charge is 0.449 e. The number of hydroxylamine groups is 2. The number of nitrogens with two attached hydrogens (primary N) is 1. The number of ketones is 1. The van der Waals surface area contributed by atoms with Crippen LogP contribution in [0.3, 0.4) is 0 Å². The van der Waals surface area contributed by atoms with Gasteiger partial charge < -0.3 is 79.9 Å². The number of carbonyl (C=O) groups is 17. The lowest BCUT2D eigenvalue weighted by Gasteiger charge is -2.14. The number of halogens is 1. The van der Waals surface area contributed by atoms with Crippen LogP contribution in [0.25, 0.3) is 31.3 Å². The summed E-state index contributed by atoms with van der Waals surface area (Å²) >= 11 is 1.83. The van der Waals surface area contributed by atoms with Crippen molar-refractivity contribution in [2.24, 2.45) is 32.9 Å². The number of azide groups is 3. The number of ether oxygens (including phenoxy) is 9. The summed E-state index contributed by atoms with van der Waals surface area (Å²) in [7, 11) is 0. The lowest BCUT2D eigenvalue weighted by atomic mass is 10.1. The first-order valence-corrected chi connectivity index (χ1v) is 41.5. The summed E-state index contributed by atoms with van der Waals surface area (Å²) in [5.41, 5.74) is 29.5. The minimum atomic E-state index is -0.767. The van der Waals surface area contributed by atoms with Crippen molar-refractivity contribution in [3.8, 4) is 12.3 Å². The molecule has 704 valence electrons. The van der Waals surface area contributed by atoms with Gasteiger partial charge in [-0.05, 0) is 71.3 Å². The predicted octanol–water partition coefficient (Wildman–Crippen LogP) is 1.66. The number of imide groups is 6. The zero-order chi connectivity index (χ0) is 94.6. The molecule has 8 N–H and O–H groups in total. The van der Waals surface area contributed by atoms with Crippen LogP contribution < -0.4 is 32.3 Å². The van der Waals surface area contributed by atoms with Gasteiger partial charge in [-0.1, -0.05) is 47.2 Å². The molecule has 2 atom stereocenters. The Morgan fingerprint density at radius 1 is 0.535 bits per heavy atom. The molecule has 0 bridgehead atoms. The van der Waals surface area contributed by atoms with Crippen LogP contribution in [0.1, 0.15) is 122 Å². The quantitative estimate of drug-likeness (QED) is 0.00561. The van der Waals surface area contributed by atoms with Crippen LogP contribution in [0.5, 0.6) is 0 Å². The Labute approximate surface area is 746 Å². The molecule has 127 heavy (non-hydrogen) atoms. The standard InChI is InChI=1S/C19H29N5O6.C15H25N5O5.C14H21N5O5.C12H12N2O6.C8H12N2O3.C6H14N4O2.CH2IN/c1-14-12-18(27)24(19(14)28)6-3-4-17(26)20-5-8-29-10-11-30-9-7-23-13-16(15(2)25)21-22-23;1-12-11-14(22)20(15(12)23)6-2-3-13(21)17-4-7-24-9-10-25-8-5-18-19-16;15-18-17-6-9-24-11-10-23-8-5-16-12(20)2-1-7-19-13(21)3-4-14(19)22;15-8-3-4-9(16)13(8)7-1-2-12(19)20-14-10(17)5-6-11(14)18;1-3-5-9-7(11)10-8(12)13-6-4-2;7-1-3-11-5-6-12-4-2-9-10-8;2-1-3/h13-14H,3-12H2,1-2H3,(H,20,26);12H,2-11H2,1H3,(H,17,21);3-4H,1-2,5-11H2,(H,16,20);3-4H,1-2,5-7H2;1H,4-6H2,2H3,(H2,9,10,11,12);1-7H2;1,3H. The minimum absolute atomic E-state index is 0.0363. The molecule has 2 unspecified atom stereocenters. The summed E-state index contributed by atoms with van der Waals surface area (Å²) < 4.78 is 49.1. The van der Waals surface area contributed by atoms with Crippen LogP contribution in [0.4, 0.5) is 9.59 Å². The highest BCUT2D eigenvalue weighted by molar-refractivity contribution is 14.1. The van der Waals surface area contributed by atoms with Crippen molar-refractivity contribution in [2.45, 2.75) is 118 Å². The van der Waals surface area contributed by atoms with Gasteiger partial charge in [-0.3, -0.25) is 86.7 Å². The molecule has 51 nitrogen and oxygen atoms in total. The Morgan fingerprint density at radius 3 is 1.24 bits per heavy atom. The van der Waals surface area contributed by atoms with Crippen molar-refractivity contribution in [3.63, 3.8) is 0 Å². The second-order valence-corrected chi connectivity index (χ2v) is 26.7. The number of amides is 16. The molecule has 3 saturated heterocycles. The van der Waals surface area contributed by atoms with Gasteiger partial charge in [0.1, 0.15) is 5.69 Å². The maximum atomic E-state index is 11.8. The molecule has 52 heteroatoms. The smallest absolute Gasteiger partial charge is 0.415 e. The summed E-state index contributed by atoms with van der Waals surface area (Å²) in [6.07, 6.45) is 13.9. The summed E-state index contributed by atoms with van der Waals surface area (Å²) in [6, 6.07) is -0.654. The molecular formula is C75H115IN24O27. The summed E-state index contributed by atoms with van der Waals surface area (Å²) in [6.45, 7) is 17.7. The molecule has 5 aliphatic rings. The number of aromatic nitrogens is 3. The van der Waals surface area contributed by atoms with E-state index in [4.69, 9.17) is 72.1 Å². The molecule has 0 aromatic carbocycles. The van der Waals surface area contributed by atoms with E-state index in [2.05, 4.69) is 77.2 Å². The molecular weight excluding hydrogens is 1800 g/mol. The summed E-state index contributed by atoms with van der Waals surface area (Å²) in [4.78, 5) is 210. The number of terminal acetylenes is 1. The highest BCUT2D eigenvalue weighted by Gasteiger charge is 2.37. The van der Waals surface area contributed by atoms with E-state index < -0.39 is 41.7 Å². The number of rotatable bonds is 56. The Hall–Kier alpha value is -11.9. The number of likely N-dealkylation sites (tertiary alicyclic amines) is 2. The molecule has 1 aromatic rings. The number of Topliss-reactive ketones (excluding diaryl/α,β-unsaturated/α-hetero) is 1. The molecule has 6 heterocycles. The van der Waals surface area contributed by atoms with E-state index in [1.54, 1.807) is 24.7 Å². The number of alkyl carbamates (subject to hydrolysis) is 1. The fourth-order valence-electron chi connectivity index (χ4n) is 9.95. The van der Waals surface area contributed by atoms with Gasteiger partial charge in [-0.15, -0.1) is 16.6 Å². The third-order valence-corrected chi connectivity index (χ3v) is 16.1. The van der Waals surface area contributed by atoms with E-state index >= 15 is 0 Å². The van der Waals surface area contributed by atoms with Gasteiger partial charge in [0.15, 0.2) is 5.78 Å². The van der Waals surface area contributed by atoms with Crippen molar-refractivity contribution in [2.75, 3.05) is 191 Å². The van der Waals surface area contributed by atoms with E-state index in [0.29, 0.717) is 195 Å². The number of hydrogen-bond acceptors (Lipinski definition) is 34. The van der Waals surface area contributed by atoms with Crippen LogP contribution in [-0.2, 0) is 121 Å². The highest BCUT2D eigenvalue weighted by Crippen LogP contribution is 2.21. The van der Waals surface area contributed by atoms with Crippen molar-refractivity contribution in [3.05, 3.63) is 67.5 Å². The maximum Gasteiger partial charge on any atom is 0.415 e. The lowest BCUT2D eigenvalue weighted by molar-refractivity contribution is -0.197. The Morgan fingerprint density at radius 2 is 0.898 bits per heavy atom. The van der Waals surface area contributed by atoms with E-state index in [1.807, 2.05) is 34.8 Å². The molecule has 0 aliphatic carbocycles. The predicted molar refractivity (Wildman–Crippen MR) is 453 cm³/mol. The highest BCUT2D eigenvalue weighted by atomic mass is 127. The van der Waals surface area contributed by atoms with Crippen LogP contribution in [-0.4, -0.2) is 335 Å². The van der Waals surface area contributed by atoms with Gasteiger partial charge in [0.05, 0.1) is 136 Å². The third-order valence-electron chi connectivity index (χ3n) is 16.1. The van der Waals surface area contributed by atoms with Crippen molar-refractivity contribution >= 4 is 127 Å². The van der Waals surface area contributed by atoms with Gasteiger partial charge in [0.25, 0.3) is 35.4 Å². The minimum Gasteiger partial charge on any atom is -0.449 e. The van der Waals surface area contributed by atoms with Gasteiger partial charge >= 0.3 is 18.1 Å². The number of nitrogens with one attached hydrogen (secondary N) is 6. The van der Waals surface area contributed by atoms with Gasteiger partial charge in [0.2, 0.25) is 41.4 Å². The summed E-state index contributed by atoms with van der Waals surface area (Å²) in [5, 5.41) is 36.4. The van der Waals surface area contributed by atoms with Crippen LogP contribution in [0.15, 0.2) is 45.8 Å². The third kappa shape index (κ3) is 58.1. The van der Waals surface area contributed by atoms with Crippen LogP contribution in [0.2, 0.25) is 0 Å². The Bertz CT molecular complexity index is 3850. The Balaban J connectivity index is 0.00000153. The number of urea groups is 1. The molecule has 5 aliphatic heterocycles. The van der Waals surface area contributed by atoms with Crippen LogP contribution in [0, 0.1) is 29.6 Å². The average Bonchev–Trinajstić information content (AvgIpc) is 1.71. The van der Waals surface area contributed by atoms with Crippen molar-refractivity contribution in [1.82, 2.24) is 66.2 Å². The zero-order valence-corrected chi connectivity index (χ0v) is 73.8. The first-order chi connectivity index (χ1) is 61.1. The van der Waals surface area contributed by atoms with Crippen LogP contribution >= 0.6 is 22.6 Å². The zero-order valence-electron chi connectivity index (χ0n) is 71.7. The molecule has 16 amide bonds. The first-order valence-electron chi connectivity index (χ1n) is 40.2. The van der Waals surface area contributed by atoms with Crippen molar-refractivity contribution < 1.29 is 129 Å². The fourth-order valence-corrected chi connectivity index (χ4v) is 9.95. The maximum absolute atomic E-state index is 11.8. The molecule has 3 fully saturated rings. The average molecular weight is 1910 g/mol. The molecule has 6 rings (SSSR count). The summed E-state index contributed by atoms with van der Waals surface area (Å²) in [5.74, 6) is -2.86. The van der Waals surface area contributed by atoms with E-state index in [1.165, 1.54) is 33.1 Å². The topological polar surface area (TPSA) is 686 Å².